The van der Waals surface area contributed by atoms with E-state index < -0.39 is 19.0 Å². The summed E-state index contributed by atoms with van der Waals surface area (Å²) in [5, 5.41) is 0. The third-order valence-electron chi connectivity index (χ3n) is 1.89. The number of hydrogen-bond acceptors (Lipinski definition) is 3. The fraction of sp³-hybridized carbons (Fsp3) is 1.00. The molecule has 0 heterocycles. The van der Waals surface area contributed by atoms with E-state index in [2.05, 4.69) is 6.92 Å². The summed E-state index contributed by atoms with van der Waals surface area (Å²) in [5.41, 5.74) is 0. The van der Waals surface area contributed by atoms with Gasteiger partial charge in [-0.1, -0.05) is 19.8 Å². The molecule has 0 bridgehead atoms. The zero-order chi connectivity index (χ0) is 11.6. The highest BCUT2D eigenvalue weighted by Gasteiger charge is 2.25. The monoisotopic (exact) mass is 254 g/mol. The van der Waals surface area contributed by atoms with Crippen molar-refractivity contribution in [1.82, 2.24) is 0 Å². The number of rotatable bonds is 10. The van der Waals surface area contributed by atoms with Crippen LogP contribution in [-0.2, 0) is 12.5 Å². The van der Waals surface area contributed by atoms with Crippen molar-refractivity contribution in [3.05, 3.63) is 0 Å². The van der Waals surface area contributed by atoms with Crippen LogP contribution in [0.5, 0.6) is 0 Å². The first-order valence-corrected chi connectivity index (χ1v) is 10.3. The van der Waals surface area contributed by atoms with Crippen LogP contribution in [0, 0.1) is 0 Å². The summed E-state index contributed by atoms with van der Waals surface area (Å²) in [6.07, 6.45) is 2.51. The second-order valence-corrected chi connectivity index (χ2v) is 9.47. The Morgan fingerprint density at radius 3 is 1.67 bits per heavy atom. The zero-order valence-electron chi connectivity index (χ0n) is 10.6. The first kappa shape index (κ1) is 15.4. The van der Waals surface area contributed by atoms with Gasteiger partial charge in [-0.05, 0) is 26.8 Å². The van der Waals surface area contributed by atoms with Gasteiger partial charge in [-0.3, -0.25) is 12.5 Å². The molecule has 0 rings (SSSR count). The average molecular weight is 254 g/mol. The van der Waals surface area contributed by atoms with Crippen LogP contribution >= 0.6 is 10.3 Å². The smallest absolute Gasteiger partial charge is 0.159 e. The lowest BCUT2D eigenvalue weighted by Crippen LogP contribution is -2.18. The van der Waals surface area contributed by atoms with E-state index in [1.165, 1.54) is 18.9 Å². The topological polar surface area (TPSA) is 27.7 Å². The molecule has 15 heavy (non-hydrogen) atoms. The van der Waals surface area contributed by atoms with Gasteiger partial charge in [0.1, 0.15) is 0 Å². The van der Waals surface area contributed by atoms with Gasteiger partial charge in [0.15, 0.2) is 8.67 Å². The summed E-state index contributed by atoms with van der Waals surface area (Å²) in [6, 6.07) is 1.26. The van der Waals surface area contributed by atoms with Gasteiger partial charge in [-0.2, -0.15) is 0 Å². The fourth-order valence-electron chi connectivity index (χ4n) is 1.35. The molecule has 0 radical (unpaired) electrons. The second-order valence-electron chi connectivity index (χ2n) is 3.19. The molecular formula is C10H26O3SSi. The van der Waals surface area contributed by atoms with Gasteiger partial charge in [-0.15, -0.1) is 0 Å². The van der Waals surface area contributed by atoms with Crippen molar-refractivity contribution in [3.8, 4) is 0 Å². The molecule has 0 N–H and O–H groups in total. The highest BCUT2D eigenvalue weighted by atomic mass is 32.5. The van der Waals surface area contributed by atoms with E-state index in [9.17, 15) is 0 Å². The van der Waals surface area contributed by atoms with Gasteiger partial charge in [0, 0.05) is 10.3 Å². The Morgan fingerprint density at radius 2 is 1.33 bits per heavy atom. The minimum atomic E-state index is -1.58. The molecule has 0 unspecified atom stereocenters. The Balaban J connectivity index is 4.18. The first-order chi connectivity index (χ1) is 7.24. The fourth-order valence-corrected chi connectivity index (χ4v) is 8.27. The van der Waals surface area contributed by atoms with Crippen LogP contribution in [0.2, 0.25) is 6.04 Å². The Labute approximate surface area is 98.3 Å². The Bertz CT molecular complexity index is 130. The van der Waals surface area contributed by atoms with E-state index in [1.807, 2.05) is 20.8 Å². The molecule has 0 fully saturated rings. The summed E-state index contributed by atoms with van der Waals surface area (Å²) >= 11 is 0. The number of hydrogen-bond donors (Lipinski definition) is 0. The van der Waals surface area contributed by atoms with Crippen molar-refractivity contribution < 1.29 is 12.5 Å². The van der Waals surface area contributed by atoms with Gasteiger partial charge in [0.25, 0.3) is 0 Å². The van der Waals surface area contributed by atoms with Crippen molar-refractivity contribution in [1.29, 1.82) is 0 Å². The Hall–Kier alpha value is 0.447. The lowest BCUT2D eigenvalue weighted by molar-refractivity contribution is 0.198. The van der Waals surface area contributed by atoms with Gasteiger partial charge < -0.3 is 0 Å². The largest absolute Gasteiger partial charge is 0.298 e. The van der Waals surface area contributed by atoms with Crippen molar-refractivity contribution in [2.24, 2.45) is 0 Å². The molecule has 94 valence electrons. The molecule has 5 heteroatoms. The maximum atomic E-state index is 5.76. The lowest BCUT2D eigenvalue weighted by Gasteiger charge is -2.37. The van der Waals surface area contributed by atoms with Crippen LogP contribution in [-0.4, -0.2) is 28.5 Å². The van der Waals surface area contributed by atoms with Gasteiger partial charge >= 0.3 is 0 Å². The van der Waals surface area contributed by atoms with Crippen LogP contribution in [0.3, 0.4) is 0 Å². The summed E-state index contributed by atoms with van der Waals surface area (Å²) in [4.78, 5) is 0. The molecule has 0 aliphatic rings. The summed E-state index contributed by atoms with van der Waals surface area (Å²) in [6.45, 7) is 10.3. The zero-order valence-corrected chi connectivity index (χ0v) is 12.8. The predicted molar refractivity (Wildman–Crippen MR) is 70.7 cm³/mol. The maximum absolute atomic E-state index is 5.76. The highest BCUT2D eigenvalue weighted by molar-refractivity contribution is 8.41. The Morgan fingerprint density at radius 1 is 0.867 bits per heavy atom. The molecule has 0 amide bonds. The molecule has 0 aromatic rings. The molecule has 0 aromatic heterocycles. The molecule has 0 atom stereocenters. The minimum absolute atomic E-state index is 0.409. The lowest BCUT2D eigenvalue weighted by atomic mass is 10.4. The van der Waals surface area contributed by atoms with Crippen LogP contribution in [0.1, 0.15) is 40.5 Å². The highest BCUT2D eigenvalue weighted by Crippen LogP contribution is 2.50. The first-order valence-electron chi connectivity index (χ1n) is 5.98. The van der Waals surface area contributed by atoms with E-state index >= 15 is 0 Å². The van der Waals surface area contributed by atoms with Crippen LogP contribution in [0.25, 0.3) is 0 Å². The quantitative estimate of drug-likeness (QED) is 0.443. The van der Waals surface area contributed by atoms with Gasteiger partial charge in [0.2, 0.25) is 0 Å². The van der Waals surface area contributed by atoms with Crippen LogP contribution in [0.4, 0.5) is 0 Å². The molecule has 0 saturated carbocycles. The van der Waals surface area contributed by atoms with Crippen molar-refractivity contribution >= 4 is 19.0 Å². The average Bonchev–Trinajstić information content (AvgIpc) is 2.19. The van der Waals surface area contributed by atoms with E-state index in [-0.39, 0.29) is 0 Å². The van der Waals surface area contributed by atoms with E-state index in [4.69, 9.17) is 12.5 Å². The maximum Gasteiger partial charge on any atom is 0.159 e. The SMILES string of the molecule is CCCC[SiH2]S(OCC)(OCC)OCC. The molecular weight excluding hydrogens is 228 g/mol. The normalized spacial score (nSPS) is 13.9. The van der Waals surface area contributed by atoms with E-state index in [0.717, 1.165) is 0 Å². The summed E-state index contributed by atoms with van der Waals surface area (Å²) < 4.78 is 17.3. The summed E-state index contributed by atoms with van der Waals surface area (Å²) in [7, 11) is -1.99. The molecule has 0 aliphatic carbocycles. The molecule has 3 nitrogen and oxygen atoms in total. The van der Waals surface area contributed by atoms with Crippen LogP contribution < -0.4 is 0 Å². The second kappa shape index (κ2) is 9.66. The van der Waals surface area contributed by atoms with Crippen molar-refractivity contribution in [2.45, 2.75) is 46.6 Å². The van der Waals surface area contributed by atoms with Crippen LogP contribution in [0.15, 0.2) is 0 Å². The van der Waals surface area contributed by atoms with Gasteiger partial charge in [0.05, 0.1) is 19.8 Å². The van der Waals surface area contributed by atoms with Crippen molar-refractivity contribution in [2.75, 3.05) is 19.8 Å². The van der Waals surface area contributed by atoms with Crippen molar-refractivity contribution in [3.63, 3.8) is 0 Å². The molecule has 0 spiro atoms. The molecule has 0 aliphatic heterocycles. The van der Waals surface area contributed by atoms with Gasteiger partial charge in [-0.25, -0.2) is 0 Å². The third kappa shape index (κ3) is 6.58. The van der Waals surface area contributed by atoms with E-state index in [0.29, 0.717) is 19.8 Å². The Kier molecular flexibility index (Phi) is 9.94. The minimum Gasteiger partial charge on any atom is -0.298 e. The predicted octanol–water partition coefficient (Wildman–Crippen LogP) is 2.95. The standard InChI is InChI=1S/C10H26O3SSi/c1-5-9-10-15-14(11-6-2,12-7-3)13-8-4/h5-10,15H2,1-4H3. The third-order valence-corrected chi connectivity index (χ3v) is 8.83. The molecule has 0 saturated heterocycles. The number of unbranched alkanes of at least 4 members (excludes halogenated alkanes) is 1. The van der Waals surface area contributed by atoms with E-state index in [1.54, 1.807) is 0 Å². The summed E-state index contributed by atoms with van der Waals surface area (Å²) in [5.74, 6) is 0. The molecule has 0 aromatic carbocycles.